The Morgan fingerprint density at radius 3 is 2.64 bits per heavy atom. The van der Waals surface area contributed by atoms with Gasteiger partial charge in [-0.3, -0.25) is 0 Å². The van der Waals surface area contributed by atoms with Gasteiger partial charge in [-0.2, -0.15) is 0 Å². The fraction of sp³-hybridized carbons (Fsp3) is 0.455. The summed E-state index contributed by atoms with van der Waals surface area (Å²) in [5, 5.41) is 0. The van der Waals surface area contributed by atoms with Gasteiger partial charge in [0.1, 0.15) is 5.75 Å². The van der Waals surface area contributed by atoms with Crippen molar-refractivity contribution in [2.45, 2.75) is 20.4 Å². The van der Waals surface area contributed by atoms with Crippen LogP contribution in [0.25, 0.3) is 0 Å². The van der Waals surface area contributed by atoms with E-state index in [1.165, 1.54) is 0 Å². The first-order chi connectivity index (χ1) is 6.61. The zero-order valence-electron chi connectivity index (χ0n) is 8.59. The van der Waals surface area contributed by atoms with Crippen LogP contribution in [0.15, 0.2) is 22.7 Å². The minimum atomic E-state index is 0.537. The van der Waals surface area contributed by atoms with Crippen molar-refractivity contribution in [2.24, 2.45) is 11.7 Å². The molecule has 0 spiro atoms. The summed E-state index contributed by atoms with van der Waals surface area (Å²) in [7, 11) is 0. The molecular formula is C11H16BrNO. The van der Waals surface area contributed by atoms with Gasteiger partial charge in [0.05, 0.1) is 6.61 Å². The average Bonchev–Trinajstić information content (AvgIpc) is 2.14. The highest BCUT2D eigenvalue weighted by Gasteiger charge is 2.00. The highest BCUT2D eigenvalue weighted by Crippen LogP contribution is 2.21. The Balaban J connectivity index is 2.71. The third-order valence-corrected chi connectivity index (χ3v) is 2.21. The van der Waals surface area contributed by atoms with Crippen molar-refractivity contribution in [3.05, 3.63) is 28.2 Å². The van der Waals surface area contributed by atoms with Crippen LogP contribution in [0.2, 0.25) is 0 Å². The summed E-state index contributed by atoms with van der Waals surface area (Å²) in [6.07, 6.45) is 0. The van der Waals surface area contributed by atoms with Crippen LogP contribution in [-0.4, -0.2) is 6.61 Å². The van der Waals surface area contributed by atoms with Crippen LogP contribution in [0.5, 0.6) is 5.75 Å². The minimum Gasteiger partial charge on any atom is -0.493 e. The van der Waals surface area contributed by atoms with E-state index < -0.39 is 0 Å². The third-order valence-electron chi connectivity index (χ3n) is 1.75. The van der Waals surface area contributed by atoms with Crippen molar-refractivity contribution >= 4 is 15.9 Å². The van der Waals surface area contributed by atoms with Crippen molar-refractivity contribution in [1.82, 2.24) is 0 Å². The number of halogens is 1. The molecule has 0 aromatic heterocycles. The predicted octanol–water partition coefficient (Wildman–Crippen LogP) is 2.94. The molecule has 0 fully saturated rings. The molecule has 0 amide bonds. The SMILES string of the molecule is CC(C)COc1cc(Br)cc(CN)c1. The summed E-state index contributed by atoms with van der Waals surface area (Å²) >= 11 is 3.43. The summed E-state index contributed by atoms with van der Waals surface area (Å²) < 4.78 is 6.62. The number of nitrogens with two attached hydrogens (primary N) is 1. The number of ether oxygens (including phenoxy) is 1. The lowest BCUT2D eigenvalue weighted by Gasteiger charge is -2.10. The monoisotopic (exact) mass is 257 g/mol. The molecule has 2 nitrogen and oxygen atoms in total. The van der Waals surface area contributed by atoms with Crippen molar-refractivity contribution < 1.29 is 4.74 Å². The fourth-order valence-electron chi connectivity index (χ4n) is 1.08. The van der Waals surface area contributed by atoms with E-state index in [1.54, 1.807) is 0 Å². The smallest absolute Gasteiger partial charge is 0.120 e. The number of benzene rings is 1. The van der Waals surface area contributed by atoms with Gasteiger partial charge in [0.15, 0.2) is 0 Å². The zero-order chi connectivity index (χ0) is 10.6. The zero-order valence-corrected chi connectivity index (χ0v) is 10.2. The van der Waals surface area contributed by atoms with Gasteiger partial charge in [-0.1, -0.05) is 29.8 Å². The van der Waals surface area contributed by atoms with Crippen LogP contribution in [-0.2, 0) is 6.54 Å². The van der Waals surface area contributed by atoms with Crippen LogP contribution < -0.4 is 10.5 Å². The van der Waals surface area contributed by atoms with Crippen molar-refractivity contribution in [3.8, 4) is 5.75 Å². The van der Waals surface area contributed by atoms with E-state index in [0.717, 1.165) is 22.4 Å². The van der Waals surface area contributed by atoms with Gasteiger partial charge in [0.2, 0.25) is 0 Å². The Kier molecular flexibility index (Phi) is 4.42. The van der Waals surface area contributed by atoms with Crippen LogP contribution in [0.1, 0.15) is 19.4 Å². The largest absolute Gasteiger partial charge is 0.493 e. The molecule has 78 valence electrons. The highest BCUT2D eigenvalue weighted by atomic mass is 79.9. The lowest BCUT2D eigenvalue weighted by molar-refractivity contribution is 0.270. The molecular weight excluding hydrogens is 242 g/mol. The summed E-state index contributed by atoms with van der Waals surface area (Å²) in [4.78, 5) is 0. The maximum absolute atomic E-state index is 5.61. The van der Waals surface area contributed by atoms with Crippen molar-refractivity contribution in [1.29, 1.82) is 0 Å². The van der Waals surface area contributed by atoms with Crippen LogP contribution in [0, 0.1) is 5.92 Å². The third kappa shape index (κ3) is 3.68. The molecule has 1 rings (SSSR count). The van der Waals surface area contributed by atoms with E-state index in [-0.39, 0.29) is 0 Å². The Hall–Kier alpha value is -0.540. The van der Waals surface area contributed by atoms with Gasteiger partial charge in [-0.25, -0.2) is 0 Å². The quantitative estimate of drug-likeness (QED) is 0.901. The molecule has 0 saturated carbocycles. The molecule has 0 aliphatic rings. The first-order valence-electron chi connectivity index (χ1n) is 4.74. The molecule has 1 aromatic carbocycles. The molecule has 0 unspecified atom stereocenters. The lowest BCUT2D eigenvalue weighted by Crippen LogP contribution is -2.05. The standard InChI is InChI=1S/C11H16BrNO/c1-8(2)7-14-11-4-9(6-13)3-10(12)5-11/h3-5,8H,6-7,13H2,1-2H3. The second-order valence-corrected chi connectivity index (χ2v) is 4.62. The summed E-state index contributed by atoms with van der Waals surface area (Å²) in [5.74, 6) is 1.42. The van der Waals surface area contributed by atoms with Crippen molar-refractivity contribution in [2.75, 3.05) is 6.61 Å². The molecule has 3 heteroatoms. The normalized spacial score (nSPS) is 10.6. The number of rotatable bonds is 4. The minimum absolute atomic E-state index is 0.537. The Bertz CT molecular complexity index is 299. The molecule has 0 saturated heterocycles. The summed E-state index contributed by atoms with van der Waals surface area (Å²) in [5.41, 5.74) is 6.65. The molecule has 2 N–H and O–H groups in total. The molecule has 0 radical (unpaired) electrons. The first-order valence-corrected chi connectivity index (χ1v) is 5.53. The highest BCUT2D eigenvalue weighted by molar-refractivity contribution is 9.10. The molecule has 0 aliphatic heterocycles. The Morgan fingerprint density at radius 2 is 2.07 bits per heavy atom. The molecule has 14 heavy (non-hydrogen) atoms. The Morgan fingerprint density at radius 1 is 1.36 bits per heavy atom. The fourth-order valence-corrected chi connectivity index (χ4v) is 1.60. The van der Waals surface area contributed by atoms with Gasteiger partial charge in [0, 0.05) is 11.0 Å². The lowest BCUT2D eigenvalue weighted by atomic mass is 10.2. The van der Waals surface area contributed by atoms with E-state index in [1.807, 2.05) is 18.2 Å². The van der Waals surface area contributed by atoms with Crippen LogP contribution in [0.3, 0.4) is 0 Å². The second-order valence-electron chi connectivity index (χ2n) is 3.70. The molecule has 0 heterocycles. The predicted molar refractivity (Wildman–Crippen MR) is 62.4 cm³/mol. The van der Waals surface area contributed by atoms with E-state index >= 15 is 0 Å². The molecule has 0 atom stereocenters. The topological polar surface area (TPSA) is 35.2 Å². The molecule has 0 bridgehead atoms. The number of hydrogen-bond donors (Lipinski definition) is 1. The van der Waals surface area contributed by atoms with E-state index in [4.69, 9.17) is 10.5 Å². The van der Waals surface area contributed by atoms with Crippen LogP contribution in [0.4, 0.5) is 0 Å². The van der Waals surface area contributed by atoms with Gasteiger partial charge in [0.25, 0.3) is 0 Å². The molecule has 0 aliphatic carbocycles. The summed E-state index contributed by atoms with van der Waals surface area (Å²) in [6.45, 7) is 5.53. The maximum atomic E-state index is 5.61. The first kappa shape index (κ1) is 11.5. The van der Waals surface area contributed by atoms with Crippen LogP contribution >= 0.6 is 15.9 Å². The van der Waals surface area contributed by atoms with Gasteiger partial charge >= 0.3 is 0 Å². The number of hydrogen-bond acceptors (Lipinski definition) is 2. The van der Waals surface area contributed by atoms with E-state index in [9.17, 15) is 0 Å². The van der Waals surface area contributed by atoms with Gasteiger partial charge < -0.3 is 10.5 Å². The van der Waals surface area contributed by atoms with Gasteiger partial charge in [-0.05, 0) is 29.7 Å². The van der Waals surface area contributed by atoms with Crippen molar-refractivity contribution in [3.63, 3.8) is 0 Å². The van der Waals surface area contributed by atoms with Gasteiger partial charge in [-0.15, -0.1) is 0 Å². The average molecular weight is 258 g/mol. The van der Waals surface area contributed by atoms with E-state index in [0.29, 0.717) is 12.5 Å². The second kappa shape index (κ2) is 5.37. The summed E-state index contributed by atoms with van der Waals surface area (Å²) in [6, 6.07) is 5.94. The Labute approximate surface area is 93.6 Å². The molecule has 1 aromatic rings. The maximum Gasteiger partial charge on any atom is 0.120 e. The van der Waals surface area contributed by atoms with E-state index in [2.05, 4.69) is 29.8 Å².